The van der Waals surface area contributed by atoms with Crippen molar-refractivity contribution in [3.8, 4) is 11.4 Å². The van der Waals surface area contributed by atoms with Crippen molar-refractivity contribution in [2.75, 3.05) is 0 Å². The number of pyridine rings is 2. The maximum atomic E-state index is 13.3. The predicted molar refractivity (Wildman–Crippen MR) is 123 cm³/mol. The molecule has 6 nitrogen and oxygen atoms in total. The molecule has 1 unspecified atom stereocenters. The molecule has 4 rings (SSSR count). The Morgan fingerprint density at radius 3 is 2.58 bits per heavy atom. The molecule has 0 fully saturated rings. The average Bonchev–Trinajstić information content (AvgIpc) is 2.99. The minimum absolute atomic E-state index is 0.0413. The molecule has 1 aromatic carbocycles. The van der Waals surface area contributed by atoms with Crippen LogP contribution in [0.5, 0.6) is 0 Å². The maximum absolute atomic E-state index is 13.3. The number of aromatic nitrogens is 4. The first kappa shape index (κ1) is 20.7. The van der Waals surface area contributed by atoms with Crippen LogP contribution in [0.4, 0.5) is 0 Å². The van der Waals surface area contributed by atoms with Crippen molar-refractivity contribution in [3.05, 3.63) is 76.7 Å². The van der Waals surface area contributed by atoms with E-state index in [1.165, 1.54) is 5.56 Å². The van der Waals surface area contributed by atoms with Gasteiger partial charge in [0.1, 0.15) is 0 Å². The normalized spacial score (nSPS) is 12.2. The molecular weight excluding hydrogens is 386 g/mol. The van der Waals surface area contributed by atoms with Gasteiger partial charge in [-0.25, -0.2) is 4.98 Å². The second kappa shape index (κ2) is 8.30. The van der Waals surface area contributed by atoms with Gasteiger partial charge in [-0.3, -0.25) is 14.5 Å². The third kappa shape index (κ3) is 4.19. The smallest absolute Gasteiger partial charge is 0.252 e. The van der Waals surface area contributed by atoms with Crippen LogP contribution in [0.3, 0.4) is 0 Å². The Morgan fingerprint density at radius 2 is 1.90 bits per heavy atom. The van der Waals surface area contributed by atoms with Crippen molar-refractivity contribution in [2.45, 2.75) is 40.2 Å². The van der Waals surface area contributed by atoms with Gasteiger partial charge < -0.3 is 5.32 Å². The lowest BCUT2D eigenvalue weighted by molar-refractivity contribution is 0.0941. The molecule has 1 amide bonds. The first-order valence-corrected chi connectivity index (χ1v) is 10.5. The van der Waals surface area contributed by atoms with E-state index in [0.717, 1.165) is 40.0 Å². The van der Waals surface area contributed by atoms with Gasteiger partial charge in [0.05, 0.1) is 28.2 Å². The molecule has 1 N–H and O–H groups in total. The van der Waals surface area contributed by atoms with E-state index in [-0.39, 0.29) is 11.9 Å². The van der Waals surface area contributed by atoms with E-state index in [1.54, 1.807) is 6.20 Å². The zero-order chi connectivity index (χ0) is 22.1. The van der Waals surface area contributed by atoms with Gasteiger partial charge in [-0.2, -0.15) is 5.10 Å². The lowest BCUT2D eigenvalue weighted by atomic mass is 10.0. The van der Waals surface area contributed by atoms with Gasteiger partial charge in [-0.1, -0.05) is 17.7 Å². The van der Waals surface area contributed by atoms with Crippen molar-refractivity contribution in [2.24, 2.45) is 7.05 Å². The number of aryl methyl sites for hydroxylation is 3. The molecule has 3 aromatic heterocycles. The van der Waals surface area contributed by atoms with Gasteiger partial charge in [0.25, 0.3) is 5.91 Å². The minimum Gasteiger partial charge on any atom is -0.349 e. The van der Waals surface area contributed by atoms with Crippen LogP contribution in [0.25, 0.3) is 22.3 Å². The molecular formula is C25H27N5O. The van der Waals surface area contributed by atoms with Crippen LogP contribution in [0.15, 0.2) is 48.7 Å². The standard InChI is InChI=1S/C25H27N5O/c1-15-9-10-22-20(12-15)21(14-24(28-22)23-8-6-7-11-26-23)25(31)27-16(2)13-19-17(3)29-30(5)18(19)4/h6-12,14,16H,13H2,1-5H3,(H,27,31). The maximum Gasteiger partial charge on any atom is 0.252 e. The average molecular weight is 414 g/mol. The summed E-state index contributed by atoms with van der Waals surface area (Å²) in [5, 5.41) is 8.51. The van der Waals surface area contributed by atoms with Crippen LogP contribution in [0.2, 0.25) is 0 Å². The monoisotopic (exact) mass is 413 g/mol. The van der Waals surface area contributed by atoms with Crippen LogP contribution in [-0.2, 0) is 13.5 Å². The third-order valence-corrected chi connectivity index (χ3v) is 5.68. The molecule has 31 heavy (non-hydrogen) atoms. The van der Waals surface area contributed by atoms with Crippen molar-refractivity contribution in [3.63, 3.8) is 0 Å². The van der Waals surface area contributed by atoms with Crippen molar-refractivity contribution < 1.29 is 4.79 Å². The van der Waals surface area contributed by atoms with E-state index in [2.05, 4.69) is 22.3 Å². The number of amides is 1. The molecule has 3 heterocycles. The number of carbonyl (C=O) groups is 1. The molecule has 1 atom stereocenters. The molecule has 6 heteroatoms. The highest BCUT2D eigenvalue weighted by atomic mass is 16.1. The van der Waals surface area contributed by atoms with Gasteiger partial charge in [-0.05, 0) is 70.0 Å². The molecule has 0 saturated heterocycles. The highest BCUT2D eigenvalue weighted by molar-refractivity contribution is 6.07. The number of fused-ring (bicyclic) bond motifs is 1. The fourth-order valence-corrected chi connectivity index (χ4v) is 3.94. The fraction of sp³-hybridized carbons (Fsp3) is 0.280. The molecule has 0 aliphatic rings. The number of rotatable bonds is 5. The summed E-state index contributed by atoms with van der Waals surface area (Å²) in [5.41, 5.74) is 7.22. The van der Waals surface area contributed by atoms with E-state index < -0.39 is 0 Å². The van der Waals surface area contributed by atoms with Crippen molar-refractivity contribution >= 4 is 16.8 Å². The summed E-state index contributed by atoms with van der Waals surface area (Å²) in [4.78, 5) is 22.5. The summed E-state index contributed by atoms with van der Waals surface area (Å²) < 4.78 is 1.89. The molecule has 0 aliphatic carbocycles. The fourth-order valence-electron chi connectivity index (χ4n) is 3.94. The summed E-state index contributed by atoms with van der Waals surface area (Å²) in [6.45, 7) is 8.11. The number of hydrogen-bond acceptors (Lipinski definition) is 4. The SMILES string of the molecule is Cc1ccc2nc(-c3ccccn3)cc(C(=O)NC(C)Cc3c(C)nn(C)c3C)c2c1. The van der Waals surface area contributed by atoms with Gasteiger partial charge in [0, 0.05) is 30.4 Å². The number of carbonyl (C=O) groups excluding carboxylic acids is 1. The summed E-state index contributed by atoms with van der Waals surface area (Å²) >= 11 is 0. The minimum atomic E-state index is -0.109. The Labute approximate surface area is 182 Å². The van der Waals surface area contributed by atoms with E-state index in [0.29, 0.717) is 11.3 Å². The number of benzene rings is 1. The quantitative estimate of drug-likeness (QED) is 0.529. The van der Waals surface area contributed by atoms with Gasteiger partial charge in [-0.15, -0.1) is 0 Å². The first-order valence-electron chi connectivity index (χ1n) is 10.5. The lowest BCUT2D eigenvalue weighted by Crippen LogP contribution is -2.34. The summed E-state index contributed by atoms with van der Waals surface area (Å²) in [6.07, 6.45) is 2.46. The molecule has 158 valence electrons. The van der Waals surface area contributed by atoms with E-state index in [9.17, 15) is 4.79 Å². The number of hydrogen-bond donors (Lipinski definition) is 1. The molecule has 0 spiro atoms. The molecule has 0 bridgehead atoms. The highest BCUT2D eigenvalue weighted by Crippen LogP contribution is 2.25. The summed E-state index contributed by atoms with van der Waals surface area (Å²) in [6, 6.07) is 13.5. The zero-order valence-electron chi connectivity index (χ0n) is 18.6. The molecule has 4 aromatic rings. The van der Waals surface area contributed by atoms with Gasteiger partial charge in [0.2, 0.25) is 0 Å². The molecule has 0 aliphatic heterocycles. The Balaban J connectivity index is 1.68. The topological polar surface area (TPSA) is 72.7 Å². The largest absolute Gasteiger partial charge is 0.349 e. The second-order valence-electron chi connectivity index (χ2n) is 8.14. The second-order valence-corrected chi connectivity index (χ2v) is 8.14. The van der Waals surface area contributed by atoms with Gasteiger partial charge in [0.15, 0.2) is 0 Å². The van der Waals surface area contributed by atoms with E-state index in [1.807, 2.05) is 75.0 Å². The molecule has 0 radical (unpaired) electrons. The Bertz CT molecular complexity index is 1260. The van der Waals surface area contributed by atoms with Crippen LogP contribution in [-0.4, -0.2) is 31.7 Å². The van der Waals surface area contributed by atoms with Crippen LogP contribution in [0.1, 0.15) is 39.8 Å². The summed E-state index contributed by atoms with van der Waals surface area (Å²) in [7, 11) is 1.94. The highest BCUT2D eigenvalue weighted by Gasteiger charge is 2.19. The summed E-state index contributed by atoms with van der Waals surface area (Å²) in [5.74, 6) is -0.109. The van der Waals surface area contributed by atoms with Gasteiger partial charge >= 0.3 is 0 Å². The van der Waals surface area contributed by atoms with Crippen LogP contribution < -0.4 is 5.32 Å². The lowest BCUT2D eigenvalue weighted by Gasteiger charge is -2.16. The number of nitrogens with one attached hydrogen (secondary N) is 1. The van der Waals surface area contributed by atoms with Crippen molar-refractivity contribution in [1.82, 2.24) is 25.1 Å². The van der Waals surface area contributed by atoms with Crippen LogP contribution in [0, 0.1) is 20.8 Å². The number of nitrogens with zero attached hydrogens (tertiary/aromatic N) is 4. The van der Waals surface area contributed by atoms with E-state index in [4.69, 9.17) is 4.98 Å². The zero-order valence-corrected chi connectivity index (χ0v) is 18.6. The van der Waals surface area contributed by atoms with Crippen LogP contribution >= 0.6 is 0 Å². The Kier molecular flexibility index (Phi) is 5.55. The Morgan fingerprint density at radius 1 is 1.10 bits per heavy atom. The molecule has 0 saturated carbocycles. The third-order valence-electron chi connectivity index (χ3n) is 5.68. The van der Waals surface area contributed by atoms with Crippen molar-refractivity contribution in [1.29, 1.82) is 0 Å². The van der Waals surface area contributed by atoms with E-state index >= 15 is 0 Å². The first-order chi connectivity index (χ1) is 14.8. The predicted octanol–water partition coefficient (Wildman–Crippen LogP) is 4.32. The Hall–Kier alpha value is -3.54.